The van der Waals surface area contributed by atoms with Gasteiger partial charge in [0.25, 0.3) is 0 Å². The summed E-state index contributed by atoms with van der Waals surface area (Å²) in [6.45, 7) is 8.71. The summed E-state index contributed by atoms with van der Waals surface area (Å²) in [5.41, 5.74) is 11.3. The summed E-state index contributed by atoms with van der Waals surface area (Å²) in [4.78, 5) is 0. The number of methoxy groups -OCH3 is 1. The lowest BCUT2D eigenvalue weighted by Gasteiger charge is -2.26. The van der Waals surface area contributed by atoms with Gasteiger partial charge in [-0.05, 0) is 40.7 Å². The van der Waals surface area contributed by atoms with Crippen molar-refractivity contribution in [3.8, 4) is 5.75 Å². The van der Waals surface area contributed by atoms with E-state index >= 15 is 0 Å². The van der Waals surface area contributed by atoms with Crippen molar-refractivity contribution in [3.05, 3.63) is 64.7 Å². The summed E-state index contributed by atoms with van der Waals surface area (Å²) in [7, 11) is 1.69. The van der Waals surface area contributed by atoms with E-state index in [1.54, 1.807) is 7.11 Å². The van der Waals surface area contributed by atoms with Crippen LogP contribution in [-0.4, -0.2) is 7.11 Å². The summed E-state index contributed by atoms with van der Waals surface area (Å²) in [5, 5.41) is 0. The van der Waals surface area contributed by atoms with Crippen molar-refractivity contribution < 1.29 is 4.74 Å². The molecule has 0 fully saturated rings. The molecule has 0 saturated heterocycles. The minimum atomic E-state index is -0.120. The minimum absolute atomic E-state index is 0.0791. The lowest BCUT2D eigenvalue weighted by atomic mass is 9.80. The molecule has 21 heavy (non-hydrogen) atoms. The molecule has 0 aromatic heterocycles. The van der Waals surface area contributed by atoms with Crippen LogP contribution in [0.5, 0.6) is 5.75 Å². The molecule has 0 radical (unpaired) electrons. The highest BCUT2D eigenvalue weighted by molar-refractivity contribution is 5.44. The number of hydrogen-bond acceptors (Lipinski definition) is 2. The molecule has 0 saturated carbocycles. The van der Waals surface area contributed by atoms with Gasteiger partial charge in [-0.2, -0.15) is 0 Å². The molecule has 0 bridgehead atoms. The van der Waals surface area contributed by atoms with Crippen LogP contribution in [0.4, 0.5) is 0 Å². The van der Waals surface area contributed by atoms with E-state index < -0.39 is 0 Å². The van der Waals surface area contributed by atoms with Gasteiger partial charge in [0.15, 0.2) is 0 Å². The van der Waals surface area contributed by atoms with E-state index in [-0.39, 0.29) is 11.5 Å². The first-order valence-electron chi connectivity index (χ1n) is 7.34. The fraction of sp³-hybridized carbons (Fsp3) is 0.368. The quantitative estimate of drug-likeness (QED) is 0.909. The van der Waals surface area contributed by atoms with Gasteiger partial charge < -0.3 is 10.5 Å². The number of nitrogens with two attached hydrogens (primary N) is 1. The molecule has 0 aliphatic rings. The van der Waals surface area contributed by atoms with Gasteiger partial charge in [0.1, 0.15) is 5.75 Å². The molecule has 1 atom stereocenters. The van der Waals surface area contributed by atoms with Gasteiger partial charge in [-0.3, -0.25) is 0 Å². The second-order valence-corrected chi connectivity index (χ2v) is 6.54. The van der Waals surface area contributed by atoms with Crippen molar-refractivity contribution in [2.24, 2.45) is 5.73 Å². The third-order valence-corrected chi connectivity index (χ3v) is 3.88. The predicted octanol–water partition coefficient (Wildman–Crippen LogP) is 4.35. The molecule has 1 unspecified atom stereocenters. The van der Waals surface area contributed by atoms with Crippen LogP contribution in [0.1, 0.15) is 49.1 Å². The molecular formula is C19H25NO. The molecule has 0 amide bonds. The Bertz CT molecular complexity index is 626. The Labute approximate surface area is 127 Å². The first-order valence-corrected chi connectivity index (χ1v) is 7.34. The molecule has 0 heterocycles. The highest BCUT2D eigenvalue weighted by Crippen LogP contribution is 2.32. The van der Waals surface area contributed by atoms with Crippen molar-refractivity contribution >= 4 is 0 Å². The number of benzene rings is 2. The Morgan fingerprint density at radius 2 is 1.71 bits per heavy atom. The summed E-state index contributed by atoms with van der Waals surface area (Å²) >= 11 is 0. The third-order valence-electron chi connectivity index (χ3n) is 3.88. The molecular weight excluding hydrogens is 258 g/mol. The number of rotatable bonds is 3. The first kappa shape index (κ1) is 15.6. The zero-order valence-electron chi connectivity index (χ0n) is 13.6. The van der Waals surface area contributed by atoms with Gasteiger partial charge in [-0.1, -0.05) is 57.2 Å². The monoisotopic (exact) mass is 283 g/mol. The van der Waals surface area contributed by atoms with Crippen molar-refractivity contribution in [1.82, 2.24) is 0 Å². The molecule has 2 rings (SSSR count). The molecule has 2 aromatic carbocycles. The number of aryl methyl sites for hydroxylation is 1. The molecule has 2 heteroatoms. The topological polar surface area (TPSA) is 35.2 Å². The summed E-state index contributed by atoms with van der Waals surface area (Å²) < 4.78 is 5.32. The van der Waals surface area contributed by atoms with Crippen LogP contribution in [0, 0.1) is 6.92 Å². The van der Waals surface area contributed by atoms with Crippen LogP contribution in [0.25, 0.3) is 0 Å². The first-order chi connectivity index (χ1) is 9.84. The van der Waals surface area contributed by atoms with E-state index in [1.807, 2.05) is 13.0 Å². The second kappa shape index (κ2) is 5.90. The van der Waals surface area contributed by atoms with Crippen LogP contribution in [0.15, 0.2) is 42.5 Å². The molecule has 0 aliphatic heterocycles. The van der Waals surface area contributed by atoms with Crippen LogP contribution in [-0.2, 0) is 5.41 Å². The summed E-state index contributed by atoms with van der Waals surface area (Å²) in [6, 6.07) is 14.5. The van der Waals surface area contributed by atoms with Crippen molar-refractivity contribution in [1.29, 1.82) is 0 Å². The van der Waals surface area contributed by atoms with E-state index in [0.29, 0.717) is 0 Å². The SMILES string of the molecule is COc1ccc(C(N)c2ccccc2C(C)(C)C)cc1C. The lowest BCUT2D eigenvalue weighted by molar-refractivity contribution is 0.411. The van der Waals surface area contributed by atoms with E-state index in [1.165, 1.54) is 11.1 Å². The zero-order valence-corrected chi connectivity index (χ0v) is 13.6. The average molecular weight is 283 g/mol. The van der Waals surface area contributed by atoms with Gasteiger partial charge in [-0.25, -0.2) is 0 Å². The summed E-state index contributed by atoms with van der Waals surface area (Å²) in [6.07, 6.45) is 0. The van der Waals surface area contributed by atoms with Gasteiger partial charge in [0.05, 0.1) is 13.2 Å². The third kappa shape index (κ3) is 3.27. The van der Waals surface area contributed by atoms with E-state index in [0.717, 1.165) is 16.9 Å². The van der Waals surface area contributed by atoms with E-state index in [2.05, 4.69) is 57.2 Å². The maximum absolute atomic E-state index is 6.53. The van der Waals surface area contributed by atoms with Gasteiger partial charge in [-0.15, -0.1) is 0 Å². The molecule has 0 aliphatic carbocycles. The van der Waals surface area contributed by atoms with Gasteiger partial charge >= 0.3 is 0 Å². The standard InChI is InChI=1S/C19H25NO/c1-13-12-14(10-11-17(13)21-5)18(20)15-8-6-7-9-16(15)19(2,3)4/h6-12,18H,20H2,1-5H3. The van der Waals surface area contributed by atoms with Crippen LogP contribution < -0.4 is 10.5 Å². The Morgan fingerprint density at radius 1 is 1.05 bits per heavy atom. The minimum Gasteiger partial charge on any atom is -0.496 e. The molecule has 112 valence electrons. The predicted molar refractivity (Wildman–Crippen MR) is 88.9 cm³/mol. The van der Waals surface area contributed by atoms with Crippen LogP contribution in [0.3, 0.4) is 0 Å². The Kier molecular flexibility index (Phi) is 4.38. The fourth-order valence-electron chi connectivity index (χ4n) is 2.73. The Balaban J connectivity index is 2.45. The Hall–Kier alpha value is -1.80. The van der Waals surface area contributed by atoms with Crippen molar-refractivity contribution in [2.75, 3.05) is 7.11 Å². The Morgan fingerprint density at radius 3 is 2.29 bits per heavy atom. The van der Waals surface area contributed by atoms with E-state index in [4.69, 9.17) is 10.5 Å². The van der Waals surface area contributed by atoms with E-state index in [9.17, 15) is 0 Å². The zero-order chi connectivity index (χ0) is 15.6. The highest BCUT2D eigenvalue weighted by atomic mass is 16.5. The normalized spacial score (nSPS) is 13.0. The van der Waals surface area contributed by atoms with Gasteiger partial charge in [0, 0.05) is 0 Å². The fourth-order valence-corrected chi connectivity index (χ4v) is 2.73. The van der Waals surface area contributed by atoms with Crippen molar-refractivity contribution in [2.45, 2.75) is 39.2 Å². The van der Waals surface area contributed by atoms with Crippen LogP contribution >= 0.6 is 0 Å². The van der Waals surface area contributed by atoms with Crippen LogP contribution in [0.2, 0.25) is 0 Å². The largest absolute Gasteiger partial charge is 0.496 e. The summed E-state index contributed by atoms with van der Waals surface area (Å²) in [5.74, 6) is 0.898. The number of ether oxygens (including phenoxy) is 1. The highest BCUT2D eigenvalue weighted by Gasteiger charge is 2.21. The smallest absolute Gasteiger partial charge is 0.121 e. The second-order valence-electron chi connectivity index (χ2n) is 6.54. The molecule has 2 aromatic rings. The number of hydrogen-bond donors (Lipinski definition) is 1. The maximum Gasteiger partial charge on any atom is 0.121 e. The maximum atomic E-state index is 6.53. The average Bonchev–Trinajstić information content (AvgIpc) is 2.45. The van der Waals surface area contributed by atoms with Gasteiger partial charge in [0.2, 0.25) is 0 Å². The molecule has 2 N–H and O–H groups in total. The molecule has 2 nitrogen and oxygen atoms in total. The molecule has 0 spiro atoms. The lowest BCUT2D eigenvalue weighted by Crippen LogP contribution is -2.20. The van der Waals surface area contributed by atoms with Crippen molar-refractivity contribution in [3.63, 3.8) is 0 Å².